The first kappa shape index (κ1) is 17.9. The molecule has 1 aromatic carbocycles. The Balaban J connectivity index is 1.57. The van der Waals surface area contributed by atoms with Crippen LogP contribution in [0.5, 0.6) is 0 Å². The van der Waals surface area contributed by atoms with Crippen molar-refractivity contribution in [2.45, 2.75) is 43.8 Å². The molecule has 2 heterocycles. The van der Waals surface area contributed by atoms with E-state index in [1.165, 1.54) is 4.90 Å². The van der Waals surface area contributed by atoms with Gasteiger partial charge in [0.1, 0.15) is 6.10 Å². The van der Waals surface area contributed by atoms with Crippen LogP contribution in [0.1, 0.15) is 37.7 Å². The number of hydrogen-bond donors (Lipinski definition) is 2. The fourth-order valence-corrected chi connectivity index (χ4v) is 3.67. The van der Waals surface area contributed by atoms with Crippen LogP contribution in [0, 0.1) is 0 Å². The van der Waals surface area contributed by atoms with E-state index < -0.39 is 11.7 Å². The molecule has 2 fully saturated rings. The van der Waals surface area contributed by atoms with Gasteiger partial charge in [-0.2, -0.15) is 0 Å². The second-order valence-electron chi connectivity index (χ2n) is 7.05. The minimum absolute atomic E-state index is 0.0136. The van der Waals surface area contributed by atoms with Gasteiger partial charge >= 0.3 is 0 Å². The Labute approximate surface area is 148 Å². The Morgan fingerprint density at radius 2 is 1.80 bits per heavy atom. The van der Waals surface area contributed by atoms with E-state index in [1.54, 1.807) is 4.90 Å². The van der Waals surface area contributed by atoms with Gasteiger partial charge in [-0.3, -0.25) is 9.59 Å². The SMILES string of the molecule is O=C(CN1CCCCC(O)C1=O)N1CCC(O)(c2ccccc2)CC1. The fraction of sp³-hybridized carbons (Fsp3) is 0.579. The largest absolute Gasteiger partial charge is 0.385 e. The first-order valence-electron chi connectivity index (χ1n) is 9.02. The number of aliphatic hydroxyl groups is 2. The molecule has 2 amide bonds. The van der Waals surface area contributed by atoms with Gasteiger partial charge in [-0.05, 0) is 37.7 Å². The van der Waals surface area contributed by atoms with Crippen molar-refractivity contribution in [3.05, 3.63) is 35.9 Å². The van der Waals surface area contributed by atoms with Gasteiger partial charge in [0.25, 0.3) is 5.91 Å². The Hall–Kier alpha value is -1.92. The average Bonchev–Trinajstić information content (AvgIpc) is 2.79. The summed E-state index contributed by atoms with van der Waals surface area (Å²) in [4.78, 5) is 27.8. The maximum atomic E-state index is 12.5. The van der Waals surface area contributed by atoms with E-state index in [0.717, 1.165) is 18.4 Å². The molecule has 2 aliphatic heterocycles. The fourth-order valence-electron chi connectivity index (χ4n) is 3.67. The van der Waals surface area contributed by atoms with E-state index in [9.17, 15) is 19.8 Å². The minimum Gasteiger partial charge on any atom is -0.385 e. The molecule has 6 nitrogen and oxygen atoms in total. The summed E-state index contributed by atoms with van der Waals surface area (Å²) >= 11 is 0. The predicted octanol–water partition coefficient (Wildman–Crippen LogP) is 0.870. The van der Waals surface area contributed by atoms with Gasteiger partial charge in [-0.25, -0.2) is 0 Å². The van der Waals surface area contributed by atoms with E-state index in [2.05, 4.69) is 0 Å². The highest BCUT2D eigenvalue weighted by Gasteiger charge is 2.36. The molecule has 1 unspecified atom stereocenters. The molecule has 2 saturated heterocycles. The van der Waals surface area contributed by atoms with Crippen molar-refractivity contribution in [1.29, 1.82) is 0 Å². The number of benzene rings is 1. The summed E-state index contributed by atoms with van der Waals surface area (Å²) in [5, 5.41) is 20.6. The van der Waals surface area contributed by atoms with Crippen molar-refractivity contribution < 1.29 is 19.8 Å². The minimum atomic E-state index is -0.986. The molecule has 2 N–H and O–H groups in total. The third-order valence-corrected chi connectivity index (χ3v) is 5.33. The van der Waals surface area contributed by atoms with Gasteiger partial charge in [0, 0.05) is 19.6 Å². The lowest BCUT2D eigenvalue weighted by Gasteiger charge is -2.39. The van der Waals surface area contributed by atoms with Crippen LogP contribution in [-0.2, 0) is 15.2 Å². The van der Waals surface area contributed by atoms with Crippen LogP contribution in [0.4, 0.5) is 0 Å². The van der Waals surface area contributed by atoms with Gasteiger partial charge < -0.3 is 20.0 Å². The van der Waals surface area contributed by atoms with Crippen LogP contribution in [0.25, 0.3) is 0 Å². The predicted molar refractivity (Wildman–Crippen MR) is 92.6 cm³/mol. The first-order chi connectivity index (χ1) is 12.0. The second kappa shape index (κ2) is 7.54. The van der Waals surface area contributed by atoms with Crippen LogP contribution in [0.15, 0.2) is 30.3 Å². The van der Waals surface area contributed by atoms with E-state index in [1.807, 2.05) is 30.3 Å². The molecule has 2 aliphatic rings. The highest BCUT2D eigenvalue weighted by Crippen LogP contribution is 2.32. The first-order valence-corrected chi connectivity index (χ1v) is 9.02. The van der Waals surface area contributed by atoms with Crippen molar-refractivity contribution in [1.82, 2.24) is 9.80 Å². The normalized spacial score (nSPS) is 24.1. The van der Waals surface area contributed by atoms with Crippen LogP contribution in [0.3, 0.4) is 0 Å². The highest BCUT2D eigenvalue weighted by molar-refractivity contribution is 5.87. The lowest BCUT2D eigenvalue weighted by atomic mass is 9.84. The Kier molecular flexibility index (Phi) is 5.39. The molecule has 136 valence electrons. The molecular formula is C19H26N2O4. The zero-order chi connectivity index (χ0) is 17.9. The van der Waals surface area contributed by atoms with E-state index >= 15 is 0 Å². The van der Waals surface area contributed by atoms with Crippen LogP contribution in [-0.4, -0.2) is 64.1 Å². The smallest absolute Gasteiger partial charge is 0.251 e. The molecule has 3 rings (SSSR count). The Morgan fingerprint density at radius 3 is 2.48 bits per heavy atom. The lowest BCUT2D eigenvalue weighted by molar-refractivity contribution is -0.147. The van der Waals surface area contributed by atoms with Crippen molar-refractivity contribution in [2.75, 3.05) is 26.2 Å². The number of rotatable bonds is 3. The molecule has 0 spiro atoms. The lowest BCUT2D eigenvalue weighted by Crippen LogP contribution is -2.50. The number of carbonyl (C=O) groups is 2. The summed E-state index contributed by atoms with van der Waals surface area (Å²) in [5.74, 6) is -0.457. The van der Waals surface area contributed by atoms with E-state index in [-0.39, 0.29) is 18.4 Å². The van der Waals surface area contributed by atoms with Gasteiger partial charge in [-0.15, -0.1) is 0 Å². The average molecular weight is 346 g/mol. The van der Waals surface area contributed by atoms with E-state index in [0.29, 0.717) is 38.9 Å². The highest BCUT2D eigenvalue weighted by atomic mass is 16.3. The summed E-state index contributed by atoms with van der Waals surface area (Å²) in [5.41, 5.74) is -0.0138. The molecule has 1 aromatic rings. The monoisotopic (exact) mass is 346 g/mol. The molecule has 0 bridgehead atoms. The van der Waals surface area contributed by atoms with Crippen LogP contribution >= 0.6 is 0 Å². The van der Waals surface area contributed by atoms with Crippen molar-refractivity contribution in [3.63, 3.8) is 0 Å². The van der Waals surface area contributed by atoms with Crippen molar-refractivity contribution in [2.24, 2.45) is 0 Å². The molecular weight excluding hydrogens is 320 g/mol. The number of amides is 2. The standard InChI is InChI=1S/C19H26N2O4/c22-16-8-4-5-11-21(18(16)24)14-17(23)20-12-9-19(25,10-13-20)15-6-2-1-3-7-15/h1-3,6-7,16,22,25H,4-5,8-14H2. The summed E-state index contributed by atoms with van der Waals surface area (Å²) in [6.07, 6.45) is 2.06. The second-order valence-corrected chi connectivity index (χ2v) is 7.05. The molecule has 0 radical (unpaired) electrons. The summed E-state index contributed by atoms with van der Waals surface area (Å²) in [6.45, 7) is 1.46. The van der Waals surface area contributed by atoms with Gasteiger partial charge in [0.2, 0.25) is 5.91 Å². The van der Waals surface area contributed by atoms with E-state index in [4.69, 9.17) is 0 Å². The van der Waals surface area contributed by atoms with Crippen molar-refractivity contribution >= 4 is 11.8 Å². The number of hydrogen-bond acceptors (Lipinski definition) is 4. The Morgan fingerprint density at radius 1 is 1.12 bits per heavy atom. The maximum absolute atomic E-state index is 12.5. The van der Waals surface area contributed by atoms with Crippen LogP contribution < -0.4 is 0 Å². The topological polar surface area (TPSA) is 81.1 Å². The molecule has 25 heavy (non-hydrogen) atoms. The zero-order valence-corrected chi connectivity index (χ0v) is 14.4. The molecule has 1 atom stereocenters. The number of piperidine rings is 1. The third-order valence-electron chi connectivity index (χ3n) is 5.33. The number of likely N-dealkylation sites (tertiary alicyclic amines) is 2. The Bertz CT molecular complexity index is 611. The maximum Gasteiger partial charge on any atom is 0.251 e. The molecule has 0 saturated carbocycles. The van der Waals surface area contributed by atoms with Crippen LogP contribution in [0.2, 0.25) is 0 Å². The molecule has 0 aliphatic carbocycles. The summed E-state index contributed by atoms with van der Waals surface area (Å²) < 4.78 is 0. The quantitative estimate of drug-likeness (QED) is 0.851. The third kappa shape index (κ3) is 4.02. The van der Waals surface area contributed by atoms with Gasteiger partial charge in [0.05, 0.1) is 12.1 Å². The van der Waals surface area contributed by atoms with Gasteiger partial charge in [-0.1, -0.05) is 30.3 Å². The number of aliphatic hydroxyl groups excluding tert-OH is 1. The molecule has 0 aromatic heterocycles. The number of nitrogens with zero attached hydrogens (tertiary/aromatic N) is 2. The zero-order valence-electron chi connectivity index (χ0n) is 14.4. The number of carbonyl (C=O) groups excluding carboxylic acids is 2. The summed E-state index contributed by atoms with van der Waals surface area (Å²) in [7, 11) is 0. The van der Waals surface area contributed by atoms with Crippen molar-refractivity contribution in [3.8, 4) is 0 Å². The van der Waals surface area contributed by atoms with Gasteiger partial charge in [0.15, 0.2) is 0 Å². The summed E-state index contributed by atoms with van der Waals surface area (Å²) in [6, 6.07) is 9.55. The molecule has 6 heteroatoms.